The Balaban J connectivity index is 0.000000485. The van der Waals surface area contributed by atoms with Gasteiger partial charge in [-0.25, -0.2) is 19.9 Å². The van der Waals surface area contributed by atoms with Crippen LogP contribution >= 0.6 is 0 Å². The number of hydrogen-bond acceptors (Lipinski definition) is 8. The number of fused-ring (bicyclic) bond motifs is 1. The van der Waals surface area contributed by atoms with Crippen LogP contribution in [0.4, 0.5) is 0 Å². The third kappa shape index (κ3) is 48.8. The van der Waals surface area contributed by atoms with E-state index >= 15 is 0 Å². The van der Waals surface area contributed by atoms with Crippen molar-refractivity contribution < 1.29 is 0 Å². The SMILES string of the molecule is CC(C)c1ccc2ncccc2c1.CC(C)c1ccccc1.CC(C)c1ccccn1.CC(C)c1cccnc1.CC(C)c1ccncc1.CC(C)c1cncnc1.CC(C)c1ncccn1.Cc1cc(C)cc(C(C)C)c1.Cc1ccc(C(C)C)c(C)c1.Cc1ccc(C(C)C)cc1.Cc1ccc(C(C)C)cc1C.Cc1ccc(C)c(C(C)C)c1.Cc1cccc(C(C)C)c1C. The van der Waals surface area contributed by atoms with Crippen molar-refractivity contribution in [3.05, 3.63) is 427 Å². The molecular weight excluding hydrogens is 1600 g/mol. The lowest BCUT2D eigenvalue weighted by molar-refractivity contribution is 0.774. The second-order valence-electron chi connectivity index (χ2n) is 38.7. The highest BCUT2D eigenvalue weighted by Crippen LogP contribution is 2.26. The zero-order valence-electron chi connectivity index (χ0n) is 88.8. The van der Waals surface area contributed by atoms with E-state index in [2.05, 4.69) is 466 Å². The Morgan fingerprint density at radius 1 is 0.189 bits per heavy atom. The fraction of sp³-hybridized carbons (Fsp3) is 0.403. The molecule has 0 saturated heterocycles. The van der Waals surface area contributed by atoms with E-state index in [9.17, 15) is 0 Å². The summed E-state index contributed by atoms with van der Waals surface area (Å²) < 4.78 is 0. The lowest BCUT2D eigenvalue weighted by atomic mass is 9.95. The van der Waals surface area contributed by atoms with Crippen molar-refractivity contribution in [2.75, 3.05) is 0 Å². The van der Waals surface area contributed by atoms with Gasteiger partial charge in [0, 0.05) is 79.0 Å². The van der Waals surface area contributed by atoms with Crippen molar-refractivity contribution in [3.8, 4) is 0 Å². The Hall–Kier alpha value is -11.2. The predicted molar refractivity (Wildman–Crippen MR) is 579 cm³/mol. The Labute approximate surface area is 805 Å². The molecule has 708 valence electrons. The maximum atomic E-state index is 4.28. The van der Waals surface area contributed by atoms with Crippen molar-refractivity contribution in [3.63, 3.8) is 0 Å². The van der Waals surface area contributed by atoms with Crippen LogP contribution in [0.25, 0.3) is 10.9 Å². The number of benzene rings is 8. The number of nitrogens with zero attached hydrogens (tertiary/aromatic N) is 8. The molecule has 132 heavy (non-hydrogen) atoms. The Morgan fingerprint density at radius 3 is 1.06 bits per heavy atom. The highest BCUT2D eigenvalue weighted by Gasteiger charge is 2.09. The number of hydrogen-bond donors (Lipinski definition) is 0. The quantitative estimate of drug-likeness (QED) is 0.112. The van der Waals surface area contributed by atoms with Crippen LogP contribution in [-0.4, -0.2) is 39.9 Å². The van der Waals surface area contributed by atoms with E-state index in [1.54, 1.807) is 24.9 Å². The van der Waals surface area contributed by atoms with Crippen LogP contribution in [0.2, 0.25) is 0 Å². The molecule has 8 aromatic carbocycles. The van der Waals surface area contributed by atoms with Crippen molar-refractivity contribution in [2.24, 2.45) is 0 Å². The van der Waals surface area contributed by atoms with Gasteiger partial charge < -0.3 is 0 Å². The maximum absolute atomic E-state index is 4.28. The average molecular weight is 1770 g/mol. The first-order valence-electron chi connectivity index (χ1n) is 48.4. The van der Waals surface area contributed by atoms with Gasteiger partial charge in [0.05, 0.1) is 5.52 Å². The van der Waals surface area contributed by atoms with Crippen LogP contribution in [0.3, 0.4) is 0 Å². The smallest absolute Gasteiger partial charge is 0.130 e. The summed E-state index contributed by atoms with van der Waals surface area (Å²) in [5.41, 5.74) is 32.8. The van der Waals surface area contributed by atoms with Crippen LogP contribution < -0.4 is 0 Å². The topological polar surface area (TPSA) is 103 Å². The van der Waals surface area contributed by atoms with Gasteiger partial charge >= 0.3 is 0 Å². The van der Waals surface area contributed by atoms with E-state index < -0.39 is 0 Å². The number of pyridine rings is 4. The third-order valence-electron chi connectivity index (χ3n) is 22.3. The van der Waals surface area contributed by atoms with Crippen LogP contribution in [0.5, 0.6) is 0 Å². The van der Waals surface area contributed by atoms with Crippen molar-refractivity contribution >= 4 is 10.9 Å². The van der Waals surface area contributed by atoms with Crippen LogP contribution in [-0.2, 0) is 0 Å². The van der Waals surface area contributed by atoms with Gasteiger partial charge in [-0.1, -0.05) is 378 Å². The number of rotatable bonds is 13. The average Bonchev–Trinajstić information content (AvgIpc) is 0.836. The second kappa shape index (κ2) is 64.6. The molecule has 6 heterocycles. The highest BCUT2D eigenvalue weighted by atomic mass is 14.9. The summed E-state index contributed by atoms with van der Waals surface area (Å²) in [6.45, 7) is 80.7. The first kappa shape index (κ1) is 117. The zero-order chi connectivity index (χ0) is 99.1. The Kier molecular flexibility index (Phi) is 57.2. The lowest BCUT2D eigenvalue weighted by Crippen LogP contribution is -1.93. The van der Waals surface area contributed by atoms with Gasteiger partial charge in [-0.2, -0.15) is 0 Å². The van der Waals surface area contributed by atoms with Crippen molar-refractivity contribution in [1.29, 1.82) is 0 Å². The van der Waals surface area contributed by atoms with E-state index in [0.29, 0.717) is 76.9 Å². The zero-order valence-corrected chi connectivity index (χ0v) is 88.8. The normalized spacial score (nSPS) is 10.4. The molecule has 0 amide bonds. The van der Waals surface area contributed by atoms with Gasteiger partial charge in [0.15, 0.2) is 0 Å². The summed E-state index contributed by atoms with van der Waals surface area (Å²) in [4.78, 5) is 32.3. The molecule has 0 N–H and O–H groups in total. The molecular formula is C124H172N8. The standard InChI is InChI=1S/C12H13N.5C11H16.C10H14.C9H12.3C8H11N.2C7H10N2/c1-9(2)10-5-6-12-11(8-10)4-3-7-13-12;1-8(2)11-6-9(3)5-10(4)7-11;1-8(2)11-6-5-9(3)10(4)7-11;1-8(2)11-6-5-9(3)7-10(11)4;1-8(2)11-7-9(3)5-6-10(11)4;1-8(2)11-7-5-6-9(3)10(11)4;1-8(2)10-6-4-9(3)5-7-10;1-8(2)9-6-4-3-5-7-9;1-7(2)8-3-5-9-6-4-8;1-7(2)8-4-3-5-9-6-8;1-7(2)8-5-3-4-6-9-8;1-6(2)7-3-8-5-9-4-7;1-6(2)7-8-4-3-5-9-7/h3-9H,1-2H3;5*5-8H,1-4H3;4-8H,1-3H3;3-8H,1-2H3;3*3-7H,1-2H3;2*3-6H,1-2H3. The molecule has 0 spiro atoms. The fourth-order valence-corrected chi connectivity index (χ4v) is 13.4. The molecule has 8 heteroatoms. The molecule has 0 atom stereocenters. The van der Waals surface area contributed by atoms with Gasteiger partial charge in [-0.3, -0.25) is 19.9 Å². The highest BCUT2D eigenvalue weighted by molar-refractivity contribution is 5.79. The summed E-state index contributed by atoms with van der Waals surface area (Å²) in [5, 5.41) is 1.23. The van der Waals surface area contributed by atoms with Crippen LogP contribution in [0, 0.1) is 76.2 Å². The summed E-state index contributed by atoms with van der Waals surface area (Å²) in [6.07, 6.45) is 19.8. The van der Waals surface area contributed by atoms with E-state index in [4.69, 9.17) is 0 Å². The van der Waals surface area contributed by atoms with Crippen LogP contribution in [0.1, 0.15) is 391 Å². The van der Waals surface area contributed by atoms with Crippen molar-refractivity contribution in [1.82, 2.24) is 39.9 Å². The number of aryl methyl sites for hydroxylation is 10. The molecule has 6 aromatic heterocycles. The molecule has 14 aromatic rings. The molecule has 0 saturated carbocycles. The summed E-state index contributed by atoms with van der Waals surface area (Å²) in [7, 11) is 0. The molecule has 8 nitrogen and oxygen atoms in total. The molecule has 14 rings (SSSR count). The third-order valence-corrected chi connectivity index (χ3v) is 22.3. The molecule has 0 unspecified atom stereocenters. The molecule has 0 aliphatic heterocycles. The fourth-order valence-electron chi connectivity index (χ4n) is 13.4. The number of aromatic nitrogens is 8. The van der Waals surface area contributed by atoms with E-state index in [-0.39, 0.29) is 0 Å². The van der Waals surface area contributed by atoms with Gasteiger partial charge in [-0.05, 0) is 296 Å². The first-order chi connectivity index (χ1) is 62.3. The summed E-state index contributed by atoms with van der Waals surface area (Å²) in [5.74, 6) is 8.78. The second-order valence-corrected chi connectivity index (χ2v) is 38.7. The Morgan fingerprint density at radius 2 is 0.636 bits per heavy atom. The largest absolute Gasteiger partial charge is 0.265 e. The van der Waals surface area contributed by atoms with E-state index in [1.807, 2.05) is 98.0 Å². The minimum absolute atomic E-state index is 0.436. The summed E-state index contributed by atoms with van der Waals surface area (Å²) in [6, 6.07) is 79.0. The maximum Gasteiger partial charge on any atom is 0.130 e. The molecule has 0 aliphatic rings. The van der Waals surface area contributed by atoms with Gasteiger partial charge in [0.2, 0.25) is 0 Å². The van der Waals surface area contributed by atoms with E-state index in [1.165, 1.54) is 128 Å². The van der Waals surface area contributed by atoms with Gasteiger partial charge in [-0.15, -0.1) is 0 Å². The molecule has 0 radical (unpaired) electrons. The van der Waals surface area contributed by atoms with Crippen molar-refractivity contribution in [2.45, 2.75) is 333 Å². The minimum Gasteiger partial charge on any atom is -0.265 e. The van der Waals surface area contributed by atoms with Crippen LogP contribution in [0.15, 0.2) is 293 Å². The summed E-state index contributed by atoms with van der Waals surface area (Å²) >= 11 is 0. The first-order valence-corrected chi connectivity index (χ1v) is 48.4. The predicted octanol–water partition coefficient (Wildman–Crippen LogP) is 36.2. The molecule has 0 aliphatic carbocycles. The lowest BCUT2D eigenvalue weighted by Gasteiger charge is -2.10. The van der Waals surface area contributed by atoms with E-state index in [0.717, 1.165) is 17.0 Å². The van der Waals surface area contributed by atoms with Gasteiger partial charge in [0.25, 0.3) is 0 Å². The Bertz CT molecular complexity index is 4960. The van der Waals surface area contributed by atoms with Gasteiger partial charge in [0.1, 0.15) is 12.2 Å². The molecule has 0 fully saturated rings. The molecule has 0 bridgehead atoms. The minimum atomic E-state index is 0.436. The monoisotopic (exact) mass is 1770 g/mol.